The maximum absolute atomic E-state index is 10.0. The third kappa shape index (κ3) is 4.51. The molecular formula is C17H28ClN3O2. The summed E-state index contributed by atoms with van der Waals surface area (Å²) in [7, 11) is 0. The van der Waals surface area contributed by atoms with Gasteiger partial charge in [0.25, 0.3) is 0 Å². The van der Waals surface area contributed by atoms with Gasteiger partial charge in [0, 0.05) is 38.8 Å². The van der Waals surface area contributed by atoms with Gasteiger partial charge in [-0.15, -0.1) is 0 Å². The second-order valence-corrected chi connectivity index (χ2v) is 6.32. The topological polar surface area (TPSA) is 62.0 Å². The van der Waals surface area contributed by atoms with Crippen LogP contribution in [0.1, 0.15) is 31.9 Å². The Labute approximate surface area is 144 Å². The fraction of sp³-hybridized carbons (Fsp3) is 0.647. The molecule has 0 aromatic heterocycles. The molecular weight excluding hydrogens is 314 g/mol. The Bertz CT molecular complexity index is 505. The number of phenols is 1. The van der Waals surface area contributed by atoms with Crippen LogP contribution in [0.15, 0.2) is 12.1 Å². The summed E-state index contributed by atoms with van der Waals surface area (Å²) in [5.74, 6) is 0.430. The smallest absolute Gasteiger partial charge is 0.176 e. The van der Waals surface area contributed by atoms with Crippen LogP contribution < -0.4 is 10.5 Å². The summed E-state index contributed by atoms with van der Waals surface area (Å²) in [5.41, 5.74) is 7.04. The number of hydrogen-bond donors (Lipinski definition) is 2. The predicted octanol–water partition coefficient (Wildman–Crippen LogP) is 2.47. The Kier molecular flexibility index (Phi) is 6.96. The van der Waals surface area contributed by atoms with Crippen LogP contribution in [-0.2, 0) is 0 Å². The highest BCUT2D eigenvalue weighted by atomic mass is 35.5. The van der Waals surface area contributed by atoms with Gasteiger partial charge in [-0.1, -0.05) is 18.5 Å². The highest BCUT2D eigenvalue weighted by molar-refractivity contribution is 6.32. The van der Waals surface area contributed by atoms with Crippen molar-refractivity contribution >= 4 is 11.6 Å². The molecule has 1 heterocycles. The Morgan fingerprint density at radius 2 is 1.96 bits per heavy atom. The molecule has 0 saturated carbocycles. The van der Waals surface area contributed by atoms with E-state index in [1.807, 2.05) is 13.0 Å². The molecule has 1 saturated heterocycles. The molecule has 2 rings (SSSR count). The number of benzene rings is 1. The lowest BCUT2D eigenvalue weighted by Crippen LogP contribution is -2.49. The predicted molar refractivity (Wildman–Crippen MR) is 94.4 cm³/mol. The fourth-order valence-corrected chi connectivity index (χ4v) is 3.38. The van der Waals surface area contributed by atoms with Gasteiger partial charge in [-0.2, -0.15) is 0 Å². The minimum absolute atomic E-state index is 0.000744. The molecule has 1 aliphatic rings. The molecule has 3 N–H and O–H groups in total. The number of ether oxygens (including phenoxy) is 1. The molecule has 1 unspecified atom stereocenters. The van der Waals surface area contributed by atoms with Gasteiger partial charge in [-0.25, -0.2) is 0 Å². The van der Waals surface area contributed by atoms with E-state index in [2.05, 4.69) is 16.7 Å². The van der Waals surface area contributed by atoms with Crippen molar-refractivity contribution in [2.45, 2.75) is 26.3 Å². The van der Waals surface area contributed by atoms with Crippen LogP contribution in [0.25, 0.3) is 0 Å². The normalized spacial score (nSPS) is 18.1. The van der Waals surface area contributed by atoms with Gasteiger partial charge in [0.05, 0.1) is 11.6 Å². The van der Waals surface area contributed by atoms with Crippen molar-refractivity contribution in [1.29, 1.82) is 0 Å². The summed E-state index contributed by atoms with van der Waals surface area (Å²) in [5, 5.41) is 10.3. The first-order chi connectivity index (χ1) is 11.1. The van der Waals surface area contributed by atoms with Crippen LogP contribution in [0.5, 0.6) is 11.5 Å². The van der Waals surface area contributed by atoms with Crippen molar-refractivity contribution in [3.63, 3.8) is 0 Å². The summed E-state index contributed by atoms with van der Waals surface area (Å²) in [6.45, 7) is 10.4. The average molecular weight is 342 g/mol. The first kappa shape index (κ1) is 18.3. The van der Waals surface area contributed by atoms with E-state index in [1.165, 1.54) is 6.42 Å². The van der Waals surface area contributed by atoms with E-state index in [-0.39, 0.29) is 11.8 Å². The van der Waals surface area contributed by atoms with E-state index in [9.17, 15) is 5.11 Å². The summed E-state index contributed by atoms with van der Waals surface area (Å²) in [6.07, 6.45) is 1.19. The first-order valence-corrected chi connectivity index (χ1v) is 8.80. The molecule has 0 spiro atoms. The number of phenolic OH excluding ortho intramolecular Hbond substituents is 1. The van der Waals surface area contributed by atoms with E-state index in [4.69, 9.17) is 22.1 Å². The van der Waals surface area contributed by atoms with E-state index in [0.29, 0.717) is 23.9 Å². The molecule has 23 heavy (non-hydrogen) atoms. The highest BCUT2D eigenvalue weighted by Gasteiger charge is 2.25. The van der Waals surface area contributed by atoms with Gasteiger partial charge in [-0.05, 0) is 37.6 Å². The minimum Gasteiger partial charge on any atom is -0.503 e. The minimum atomic E-state index is 0.000744. The Morgan fingerprint density at radius 1 is 1.26 bits per heavy atom. The number of nitrogens with zero attached hydrogens (tertiary/aromatic N) is 2. The van der Waals surface area contributed by atoms with Crippen LogP contribution in [0.3, 0.4) is 0 Å². The van der Waals surface area contributed by atoms with Gasteiger partial charge in [-0.3, -0.25) is 4.90 Å². The van der Waals surface area contributed by atoms with E-state index < -0.39 is 0 Å². The zero-order valence-corrected chi connectivity index (χ0v) is 14.9. The molecule has 1 aromatic rings. The Morgan fingerprint density at radius 3 is 2.52 bits per heavy atom. The standard InChI is InChI=1S/C17H28ClN3O2/c1-3-5-20-6-8-21(9-7-20)15(12-19)13-10-14(18)17(22)16(11-13)23-4-2/h10-11,15,22H,3-9,12,19H2,1-2H3. The average Bonchev–Trinajstić information content (AvgIpc) is 2.55. The molecule has 1 fully saturated rings. The van der Waals surface area contributed by atoms with Crippen LogP contribution >= 0.6 is 11.6 Å². The van der Waals surface area contributed by atoms with Crippen LogP contribution in [0, 0.1) is 0 Å². The fourth-order valence-electron chi connectivity index (χ4n) is 3.16. The molecule has 0 radical (unpaired) electrons. The van der Waals surface area contributed by atoms with Crippen LogP contribution in [-0.4, -0.2) is 60.8 Å². The number of aromatic hydroxyl groups is 1. The molecule has 1 atom stereocenters. The van der Waals surface area contributed by atoms with Gasteiger partial charge in [0.1, 0.15) is 0 Å². The van der Waals surface area contributed by atoms with Gasteiger partial charge in [0.15, 0.2) is 11.5 Å². The summed E-state index contributed by atoms with van der Waals surface area (Å²) < 4.78 is 5.49. The second-order valence-electron chi connectivity index (χ2n) is 5.91. The molecule has 1 aromatic carbocycles. The molecule has 0 bridgehead atoms. The number of halogens is 1. The molecule has 6 heteroatoms. The summed E-state index contributed by atoms with van der Waals surface area (Å²) in [4.78, 5) is 4.88. The van der Waals surface area contributed by atoms with Gasteiger partial charge in [0.2, 0.25) is 0 Å². The second kappa shape index (κ2) is 8.73. The van der Waals surface area contributed by atoms with Crippen molar-refractivity contribution in [3.05, 3.63) is 22.7 Å². The number of hydrogen-bond acceptors (Lipinski definition) is 5. The van der Waals surface area contributed by atoms with Gasteiger partial charge < -0.3 is 20.5 Å². The third-order valence-corrected chi connectivity index (χ3v) is 4.63. The zero-order valence-electron chi connectivity index (χ0n) is 14.1. The van der Waals surface area contributed by atoms with Crippen molar-refractivity contribution in [2.75, 3.05) is 45.9 Å². The largest absolute Gasteiger partial charge is 0.503 e. The summed E-state index contributed by atoms with van der Waals surface area (Å²) >= 11 is 6.16. The van der Waals surface area contributed by atoms with Crippen molar-refractivity contribution in [2.24, 2.45) is 5.73 Å². The Hall–Kier alpha value is -1.01. The molecule has 0 aliphatic carbocycles. The van der Waals surface area contributed by atoms with Crippen LogP contribution in [0.2, 0.25) is 5.02 Å². The monoisotopic (exact) mass is 341 g/mol. The molecule has 1 aliphatic heterocycles. The highest BCUT2D eigenvalue weighted by Crippen LogP contribution is 2.38. The van der Waals surface area contributed by atoms with Gasteiger partial charge >= 0.3 is 0 Å². The SMILES string of the molecule is CCCN1CCN(C(CN)c2cc(Cl)c(O)c(OCC)c2)CC1. The number of nitrogens with two attached hydrogens (primary N) is 1. The Balaban J connectivity index is 2.15. The van der Waals surface area contributed by atoms with Crippen molar-refractivity contribution in [3.8, 4) is 11.5 Å². The summed E-state index contributed by atoms with van der Waals surface area (Å²) in [6, 6.07) is 3.76. The van der Waals surface area contributed by atoms with E-state index >= 15 is 0 Å². The van der Waals surface area contributed by atoms with Crippen molar-refractivity contribution < 1.29 is 9.84 Å². The van der Waals surface area contributed by atoms with E-state index in [1.54, 1.807) is 6.07 Å². The van der Waals surface area contributed by atoms with E-state index in [0.717, 1.165) is 38.3 Å². The number of rotatable bonds is 7. The zero-order chi connectivity index (χ0) is 16.8. The molecule has 0 amide bonds. The third-order valence-electron chi connectivity index (χ3n) is 4.35. The van der Waals surface area contributed by atoms with Crippen molar-refractivity contribution in [1.82, 2.24) is 9.80 Å². The molecule has 5 nitrogen and oxygen atoms in total. The number of piperazine rings is 1. The lowest BCUT2D eigenvalue weighted by Gasteiger charge is -2.39. The maximum Gasteiger partial charge on any atom is 0.176 e. The molecule has 130 valence electrons. The maximum atomic E-state index is 10.0. The quantitative estimate of drug-likeness (QED) is 0.797. The lowest BCUT2D eigenvalue weighted by atomic mass is 10.0. The first-order valence-electron chi connectivity index (χ1n) is 8.42. The van der Waals surface area contributed by atoms with Crippen LogP contribution in [0.4, 0.5) is 0 Å². The lowest BCUT2D eigenvalue weighted by molar-refractivity contribution is 0.0984.